The number of hydrogen-bond acceptors (Lipinski definition) is 7. The van der Waals surface area contributed by atoms with Gasteiger partial charge in [-0.25, -0.2) is 14.8 Å². The number of nitrogens with zero attached hydrogens (tertiary/aromatic N) is 4. The summed E-state index contributed by atoms with van der Waals surface area (Å²) in [5.74, 6) is -2.05. The molecule has 2 fully saturated rings. The lowest BCUT2D eigenvalue weighted by molar-refractivity contribution is -0.192. The fourth-order valence-corrected chi connectivity index (χ4v) is 3.28. The maximum absolute atomic E-state index is 12.3. The summed E-state index contributed by atoms with van der Waals surface area (Å²) in [5, 5.41) is 7.12. The molecule has 0 aromatic carbocycles. The molecule has 9 nitrogen and oxygen atoms in total. The lowest BCUT2D eigenvalue weighted by Crippen LogP contribution is -2.59. The Kier molecular flexibility index (Phi) is 7.36. The summed E-state index contributed by atoms with van der Waals surface area (Å²) in [7, 11) is 3.28. The Morgan fingerprint density at radius 2 is 1.79 bits per heavy atom. The van der Waals surface area contributed by atoms with E-state index in [9.17, 15) is 18.0 Å². The molecule has 2 aliphatic heterocycles. The van der Waals surface area contributed by atoms with E-state index in [1.165, 1.54) is 12.4 Å². The number of ether oxygens (including phenoxy) is 2. The van der Waals surface area contributed by atoms with Crippen LogP contribution >= 0.6 is 0 Å². The summed E-state index contributed by atoms with van der Waals surface area (Å²) in [4.78, 5) is 33.6. The van der Waals surface area contributed by atoms with Crippen molar-refractivity contribution in [3.05, 3.63) is 18.2 Å². The Morgan fingerprint density at radius 3 is 2.28 bits per heavy atom. The summed E-state index contributed by atoms with van der Waals surface area (Å²) in [5.41, 5.74) is 0.260. The first-order chi connectivity index (χ1) is 13.6. The van der Waals surface area contributed by atoms with Crippen LogP contribution in [0.25, 0.3) is 0 Å². The van der Waals surface area contributed by atoms with Gasteiger partial charge in [-0.1, -0.05) is 0 Å². The zero-order valence-electron chi connectivity index (χ0n) is 16.1. The molecule has 2 aliphatic rings. The molecular weight excluding hydrogens is 397 g/mol. The molecule has 0 atom stereocenters. The second-order valence-corrected chi connectivity index (χ2v) is 6.93. The number of carboxylic acid groups (broad SMARTS) is 1. The smallest absolute Gasteiger partial charge is 0.490 e. The van der Waals surface area contributed by atoms with Crippen LogP contribution in [0.2, 0.25) is 0 Å². The lowest BCUT2D eigenvalue weighted by Gasteiger charge is -2.47. The number of likely N-dealkylation sites (tertiary alicyclic amines) is 2. The number of aromatic nitrogens is 2. The van der Waals surface area contributed by atoms with Crippen molar-refractivity contribution in [3.63, 3.8) is 0 Å². The summed E-state index contributed by atoms with van der Waals surface area (Å²) < 4.78 is 41.9. The minimum absolute atomic E-state index is 0.0939. The standard InChI is InChI=1S/C15H22N4O3.C2HF3O2/c1-21-6-5-18-4-3-15(9-18)10-19(11-15)14(20)13-16-7-12(22-2)8-17-13;3-2(4,5)1(6)7/h7-8H,3-6,9-11H2,1-2H3;(H,6,7). The Bertz CT molecular complexity index is 708. The van der Waals surface area contributed by atoms with Crippen LogP contribution in [0.15, 0.2) is 12.4 Å². The molecule has 1 N–H and O–H groups in total. The number of halogens is 3. The fourth-order valence-electron chi connectivity index (χ4n) is 3.28. The number of carbonyl (C=O) groups excluding carboxylic acids is 1. The Labute approximate surface area is 165 Å². The number of aliphatic carboxylic acids is 1. The van der Waals surface area contributed by atoms with Gasteiger partial charge in [-0.2, -0.15) is 13.2 Å². The molecule has 162 valence electrons. The van der Waals surface area contributed by atoms with Crippen molar-refractivity contribution in [3.8, 4) is 5.75 Å². The first kappa shape index (κ1) is 22.8. The Balaban J connectivity index is 0.000000370. The molecule has 1 amide bonds. The van der Waals surface area contributed by atoms with Crippen LogP contribution in [-0.2, 0) is 9.53 Å². The predicted octanol–water partition coefficient (Wildman–Crippen LogP) is 0.913. The topological polar surface area (TPSA) is 105 Å². The van der Waals surface area contributed by atoms with Crippen LogP contribution in [0.1, 0.15) is 17.0 Å². The molecule has 1 spiro atoms. The minimum Gasteiger partial charge on any atom is -0.494 e. The van der Waals surface area contributed by atoms with Gasteiger partial charge in [0.1, 0.15) is 0 Å². The van der Waals surface area contributed by atoms with Crippen molar-refractivity contribution < 1.29 is 37.3 Å². The van der Waals surface area contributed by atoms with Crippen molar-refractivity contribution in [1.82, 2.24) is 19.8 Å². The molecule has 0 bridgehead atoms. The third-order valence-corrected chi connectivity index (χ3v) is 4.77. The molecule has 1 aromatic heterocycles. The van der Waals surface area contributed by atoms with Gasteiger partial charge in [0.2, 0.25) is 5.82 Å². The maximum atomic E-state index is 12.3. The van der Waals surface area contributed by atoms with Crippen LogP contribution < -0.4 is 4.74 Å². The van der Waals surface area contributed by atoms with E-state index in [1.54, 1.807) is 14.2 Å². The molecule has 2 saturated heterocycles. The van der Waals surface area contributed by atoms with E-state index in [4.69, 9.17) is 19.4 Å². The number of carbonyl (C=O) groups is 2. The second kappa shape index (κ2) is 9.35. The summed E-state index contributed by atoms with van der Waals surface area (Å²) in [6, 6.07) is 0. The average Bonchev–Trinajstić information content (AvgIpc) is 3.09. The van der Waals surface area contributed by atoms with Crippen LogP contribution in [0, 0.1) is 5.41 Å². The monoisotopic (exact) mass is 420 g/mol. The number of amides is 1. The Hall–Kier alpha value is -2.47. The van der Waals surface area contributed by atoms with E-state index in [2.05, 4.69) is 14.9 Å². The van der Waals surface area contributed by atoms with Gasteiger partial charge in [-0.15, -0.1) is 0 Å². The van der Waals surface area contributed by atoms with Gasteiger partial charge in [-0.3, -0.25) is 4.79 Å². The molecule has 0 radical (unpaired) electrons. The van der Waals surface area contributed by atoms with Crippen molar-refractivity contribution in [1.29, 1.82) is 0 Å². The highest BCUT2D eigenvalue weighted by Crippen LogP contribution is 2.39. The normalized spacial score (nSPS) is 18.0. The molecular formula is C17H23F3N4O5. The molecule has 29 heavy (non-hydrogen) atoms. The summed E-state index contributed by atoms with van der Waals surface area (Å²) >= 11 is 0. The molecule has 3 rings (SSSR count). The van der Waals surface area contributed by atoms with Crippen LogP contribution in [0.5, 0.6) is 5.75 Å². The zero-order chi connectivity index (χ0) is 21.7. The van der Waals surface area contributed by atoms with Gasteiger partial charge in [0.25, 0.3) is 5.91 Å². The van der Waals surface area contributed by atoms with E-state index < -0.39 is 12.1 Å². The van der Waals surface area contributed by atoms with Crippen molar-refractivity contribution >= 4 is 11.9 Å². The number of alkyl halides is 3. The number of rotatable bonds is 5. The quantitative estimate of drug-likeness (QED) is 0.750. The predicted molar refractivity (Wildman–Crippen MR) is 93.5 cm³/mol. The first-order valence-corrected chi connectivity index (χ1v) is 8.77. The Morgan fingerprint density at radius 1 is 1.21 bits per heavy atom. The first-order valence-electron chi connectivity index (χ1n) is 8.77. The maximum Gasteiger partial charge on any atom is 0.490 e. The fraction of sp³-hybridized carbons (Fsp3) is 0.647. The summed E-state index contributed by atoms with van der Waals surface area (Å²) in [6.07, 6.45) is -0.889. The third-order valence-electron chi connectivity index (χ3n) is 4.77. The van der Waals surface area contributed by atoms with Crippen molar-refractivity contribution in [2.75, 3.05) is 53.6 Å². The van der Waals surface area contributed by atoms with E-state index in [0.29, 0.717) is 5.75 Å². The molecule has 0 saturated carbocycles. The average molecular weight is 420 g/mol. The van der Waals surface area contributed by atoms with E-state index in [1.807, 2.05) is 4.90 Å². The van der Waals surface area contributed by atoms with Gasteiger partial charge in [0, 0.05) is 38.7 Å². The van der Waals surface area contributed by atoms with Crippen LogP contribution in [0.4, 0.5) is 13.2 Å². The van der Waals surface area contributed by atoms with Crippen LogP contribution in [-0.4, -0.2) is 96.5 Å². The highest BCUT2D eigenvalue weighted by molar-refractivity contribution is 5.91. The molecule has 1 aromatic rings. The van der Waals surface area contributed by atoms with Gasteiger partial charge in [0.05, 0.1) is 26.1 Å². The SMILES string of the molecule is COCCN1CCC2(C1)CN(C(=O)c1ncc(OC)cn1)C2.O=C(O)C(F)(F)F. The second-order valence-electron chi connectivity index (χ2n) is 6.93. The summed E-state index contributed by atoms with van der Waals surface area (Å²) in [6.45, 7) is 5.45. The molecule has 0 unspecified atom stereocenters. The third kappa shape index (κ3) is 6.00. The van der Waals surface area contributed by atoms with Crippen molar-refractivity contribution in [2.45, 2.75) is 12.6 Å². The van der Waals surface area contributed by atoms with Gasteiger partial charge in [0.15, 0.2) is 5.75 Å². The number of methoxy groups -OCH3 is 2. The van der Waals surface area contributed by atoms with Gasteiger partial charge in [-0.05, 0) is 13.0 Å². The number of carboxylic acids is 1. The molecule has 3 heterocycles. The lowest BCUT2D eigenvalue weighted by atomic mass is 9.79. The van der Waals surface area contributed by atoms with Gasteiger partial charge >= 0.3 is 12.1 Å². The van der Waals surface area contributed by atoms with Crippen molar-refractivity contribution in [2.24, 2.45) is 5.41 Å². The van der Waals surface area contributed by atoms with E-state index >= 15 is 0 Å². The largest absolute Gasteiger partial charge is 0.494 e. The zero-order valence-corrected chi connectivity index (χ0v) is 16.1. The minimum atomic E-state index is -5.08. The molecule has 12 heteroatoms. The van der Waals surface area contributed by atoms with E-state index in [0.717, 1.165) is 45.8 Å². The highest BCUT2D eigenvalue weighted by Gasteiger charge is 2.49. The number of hydrogen-bond donors (Lipinski definition) is 1. The van der Waals surface area contributed by atoms with Crippen LogP contribution in [0.3, 0.4) is 0 Å². The van der Waals surface area contributed by atoms with E-state index in [-0.39, 0.29) is 17.1 Å². The highest BCUT2D eigenvalue weighted by atomic mass is 19.4. The molecule has 0 aliphatic carbocycles. The van der Waals surface area contributed by atoms with Gasteiger partial charge < -0.3 is 24.4 Å².